The zero-order valence-corrected chi connectivity index (χ0v) is 9.12. The molecule has 0 spiro atoms. The Labute approximate surface area is 90.7 Å². The maximum atomic E-state index is 11.4. The average molecular weight is 203 g/mol. The molecule has 0 radical (unpaired) electrons. The molecule has 1 heterocycles. The minimum Gasteiger partial charge on any atom is -0.351 e. The first-order valence-electron chi connectivity index (χ1n) is 5.53. The van der Waals surface area contributed by atoms with Gasteiger partial charge in [0.05, 0.1) is 0 Å². The molecule has 1 aromatic carbocycles. The molecule has 1 aromatic rings. The van der Waals surface area contributed by atoms with E-state index >= 15 is 0 Å². The maximum absolute atomic E-state index is 11.4. The van der Waals surface area contributed by atoms with Crippen LogP contribution in [0.2, 0.25) is 0 Å². The highest BCUT2D eigenvalue weighted by Gasteiger charge is 2.29. The van der Waals surface area contributed by atoms with E-state index in [9.17, 15) is 4.79 Å². The number of piperidine rings is 1. The van der Waals surface area contributed by atoms with Crippen LogP contribution in [-0.4, -0.2) is 11.4 Å². The summed E-state index contributed by atoms with van der Waals surface area (Å²) in [4.78, 5) is 11.4. The number of amides is 1. The van der Waals surface area contributed by atoms with Crippen LogP contribution in [0, 0.1) is 0 Å². The molecule has 0 saturated carbocycles. The Bertz CT molecular complexity index is 347. The Kier molecular flexibility index (Phi) is 2.76. The molecule has 0 unspecified atom stereocenters. The van der Waals surface area contributed by atoms with Gasteiger partial charge in [-0.3, -0.25) is 4.79 Å². The molecule has 0 aliphatic carbocycles. The number of carbonyl (C=O) groups excluding carboxylic acids is 1. The quantitative estimate of drug-likeness (QED) is 0.785. The van der Waals surface area contributed by atoms with Crippen LogP contribution >= 0.6 is 0 Å². The summed E-state index contributed by atoms with van der Waals surface area (Å²) >= 11 is 0. The van der Waals surface area contributed by atoms with Gasteiger partial charge in [-0.15, -0.1) is 0 Å². The summed E-state index contributed by atoms with van der Waals surface area (Å²) < 4.78 is 0. The minimum atomic E-state index is -0.0450. The number of hydrogen-bond acceptors (Lipinski definition) is 1. The maximum Gasteiger partial charge on any atom is 0.220 e. The molecule has 0 aromatic heterocycles. The molecule has 15 heavy (non-hydrogen) atoms. The molecule has 1 aliphatic heterocycles. The van der Waals surface area contributed by atoms with Gasteiger partial charge >= 0.3 is 0 Å². The van der Waals surface area contributed by atoms with Gasteiger partial charge in [0.15, 0.2) is 0 Å². The topological polar surface area (TPSA) is 29.1 Å². The first-order chi connectivity index (χ1) is 7.18. The summed E-state index contributed by atoms with van der Waals surface area (Å²) in [6.45, 7) is 2.14. The summed E-state index contributed by atoms with van der Waals surface area (Å²) in [6, 6.07) is 10.3. The van der Waals surface area contributed by atoms with E-state index in [0.717, 1.165) is 19.3 Å². The second-order valence-corrected chi connectivity index (χ2v) is 4.62. The normalized spacial score (nSPS) is 26.1. The van der Waals surface area contributed by atoms with E-state index < -0.39 is 0 Å². The van der Waals surface area contributed by atoms with E-state index in [1.807, 2.05) is 18.2 Å². The summed E-state index contributed by atoms with van der Waals surface area (Å²) in [5, 5.41) is 3.10. The Morgan fingerprint density at radius 1 is 1.33 bits per heavy atom. The third-order valence-electron chi connectivity index (χ3n) is 3.01. The van der Waals surface area contributed by atoms with Gasteiger partial charge in [0.2, 0.25) is 5.91 Å². The van der Waals surface area contributed by atoms with Crippen molar-refractivity contribution in [3.63, 3.8) is 0 Å². The second kappa shape index (κ2) is 4.05. The van der Waals surface area contributed by atoms with E-state index in [2.05, 4.69) is 24.4 Å². The van der Waals surface area contributed by atoms with Crippen molar-refractivity contribution in [2.24, 2.45) is 0 Å². The number of benzene rings is 1. The largest absolute Gasteiger partial charge is 0.351 e. The van der Waals surface area contributed by atoms with Crippen molar-refractivity contribution < 1.29 is 4.79 Å². The Morgan fingerprint density at radius 2 is 2.07 bits per heavy atom. The summed E-state index contributed by atoms with van der Waals surface area (Å²) in [7, 11) is 0. The van der Waals surface area contributed by atoms with Crippen molar-refractivity contribution in [3.05, 3.63) is 35.9 Å². The van der Waals surface area contributed by atoms with Crippen molar-refractivity contribution in [1.82, 2.24) is 5.32 Å². The van der Waals surface area contributed by atoms with Crippen molar-refractivity contribution in [3.8, 4) is 0 Å². The van der Waals surface area contributed by atoms with Crippen LogP contribution in [0.25, 0.3) is 0 Å². The first kappa shape index (κ1) is 10.2. The van der Waals surface area contributed by atoms with Gasteiger partial charge < -0.3 is 5.32 Å². The summed E-state index contributed by atoms with van der Waals surface area (Å²) in [6.07, 6.45) is 3.70. The smallest absolute Gasteiger partial charge is 0.220 e. The average Bonchev–Trinajstić information content (AvgIpc) is 2.18. The van der Waals surface area contributed by atoms with E-state index in [0.29, 0.717) is 6.42 Å². The van der Waals surface area contributed by atoms with Crippen LogP contribution < -0.4 is 5.32 Å². The molecule has 2 nitrogen and oxygen atoms in total. The zero-order chi connectivity index (χ0) is 10.7. The molecule has 1 N–H and O–H groups in total. The molecule has 80 valence electrons. The van der Waals surface area contributed by atoms with Gasteiger partial charge in [-0.25, -0.2) is 0 Å². The zero-order valence-electron chi connectivity index (χ0n) is 9.12. The predicted octanol–water partition coefficient (Wildman–Crippen LogP) is 2.29. The molecule has 2 heteroatoms. The predicted molar refractivity (Wildman–Crippen MR) is 60.5 cm³/mol. The second-order valence-electron chi connectivity index (χ2n) is 4.62. The lowest BCUT2D eigenvalue weighted by Gasteiger charge is -2.34. The van der Waals surface area contributed by atoms with Gasteiger partial charge in [0.25, 0.3) is 0 Å². The van der Waals surface area contributed by atoms with Crippen LogP contribution in [0.4, 0.5) is 0 Å². The van der Waals surface area contributed by atoms with Crippen LogP contribution in [0.5, 0.6) is 0 Å². The van der Waals surface area contributed by atoms with Crippen LogP contribution in [0.1, 0.15) is 31.7 Å². The lowest BCUT2D eigenvalue weighted by Crippen LogP contribution is -2.50. The molecule has 1 atom stereocenters. The monoisotopic (exact) mass is 203 g/mol. The highest BCUT2D eigenvalue weighted by atomic mass is 16.1. The number of carbonyl (C=O) groups is 1. The standard InChI is InChI=1S/C13H17NO/c1-13(9-5-8-12(15)14-13)10-11-6-3-2-4-7-11/h2-4,6-7H,5,8-10H2,1H3,(H,14,15)/t13-/m1/s1. The molecule has 0 bridgehead atoms. The van der Waals surface area contributed by atoms with Crippen molar-refractivity contribution in [2.45, 2.75) is 38.1 Å². The molecular formula is C13H17NO. The molecular weight excluding hydrogens is 186 g/mol. The number of rotatable bonds is 2. The van der Waals surface area contributed by atoms with Crippen LogP contribution in [0.3, 0.4) is 0 Å². The highest BCUT2D eigenvalue weighted by molar-refractivity contribution is 5.77. The van der Waals surface area contributed by atoms with Gasteiger partial charge in [-0.1, -0.05) is 30.3 Å². The lowest BCUT2D eigenvalue weighted by atomic mass is 9.85. The van der Waals surface area contributed by atoms with Crippen molar-refractivity contribution >= 4 is 5.91 Å². The molecule has 1 saturated heterocycles. The van der Waals surface area contributed by atoms with Gasteiger partial charge in [-0.05, 0) is 31.7 Å². The van der Waals surface area contributed by atoms with Crippen LogP contribution in [0.15, 0.2) is 30.3 Å². The third-order valence-corrected chi connectivity index (χ3v) is 3.01. The van der Waals surface area contributed by atoms with Gasteiger partial charge in [-0.2, -0.15) is 0 Å². The van der Waals surface area contributed by atoms with Gasteiger partial charge in [0, 0.05) is 12.0 Å². The molecule has 1 amide bonds. The van der Waals surface area contributed by atoms with Crippen LogP contribution in [-0.2, 0) is 11.2 Å². The first-order valence-corrected chi connectivity index (χ1v) is 5.53. The molecule has 1 fully saturated rings. The number of hydrogen-bond donors (Lipinski definition) is 1. The Hall–Kier alpha value is -1.31. The minimum absolute atomic E-state index is 0.0450. The SMILES string of the molecule is C[C@]1(Cc2ccccc2)CCCC(=O)N1. The fourth-order valence-electron chi connectivity index (χ4n) is 2.28. The van der Waals surface area contributed by atoms with Gasteiger partial charge in [0.1, 0.15) is 0 Å². The molecule has 2 rings (SSSR count). The lowest BCUT2D eigenvalue weighted by molar-refractivity contribution is -0.124. The van der Waals surface area contributed by atoms with E-state index in [1.54, 1.807) is 0 Å². The fourth-order valence-corrected chi connectivity index (χ4v) is 2.28. The fraction of sp³-hybridized carbons (Fsp3) is 0.462. The Morgan fingerprint density at radius 3 is 2.73 bits per heavy atom. The summed E-state index contributed by atoms with van der Waals surface area (Å²) in [5.74, 6) is 0.194. The summed E-state index contributed by atoms with van der Waals surface area (Å²) in [5.41, 5.74) is 1.25. The van der Waals surface area contributed by atoms with E-state index in [-0.39, 0.29) is 11.4 Å². The van der Waals surface area contributed by atoms with E-state index in [4.69, 9.17) is 0 Å². The van der Waals surface area contributed by atoms with Crippen molar-refractivity contribution in [2.75, 3.05) is 0 Å². The number of nitrogens with one attached hydrogen (secondary N) is 1. The third kappa shape index (κ3) is 2.58. The highest BCUT2D eigenvalue weighted by Crippen LogP contribution is 2.23. The van der Waals surface area contributed by atoms with Crippen molar-refractivity contribution in [1.29, 1.82) is 0 Å². The Balaban J connectivity index is 2.07. The molecule has 1 aliphatic rings. The van der Waals surface area contributed by atoms with E-state index in [1.165, 1.54) is 5.56 Å².